The summed E-state index contributed by atoms with van der Waals surface area (Å²) >= 11 is 0. The van der Waals surface area contributed by atoms with Crippen LogP contribution >= 0.6 is 0 Å². The van der Waals surface area contributed by atoms with E-state index < -0.39 is 47.2 Å². The highest BCUT2D eigenvalue weighted by Gasteiger charge is 2.56. The summed E-state index contributed by atoms with van der Waals surface area (Å²) in [5, 5.41) is 17.9. The number of rotatable bonds is 6. The largest absolute Gasteiger partial charge is 0.438 e. The second-order valence-electron chi connectivity index (χ2n) is 8.46. The van der Waals surface area contributed by atoms with Crippen molar-refractivity contribution in [2.45, 2.75) is 61.8 Å². The minimum absolute atomic E-state index is 0.157. The number of carbonyl (C=O) groups is 2. The third-order valence-corrected chi connectivity index (χ3v) is 5.31. The maximum Gasteiger partial charge on any atom is 0.314 e. The molecule has 0 aliphatic heterocycles. The van der Waals surface area contributed by atoms with Crippen molar-refractivity contribution in [2.24, 2.45) is 21.7 Å². The van der Waals surface area contributed by atoms with Gasteiger partial charge in [-0.15, -0.1) is 0 Å². The fraction of sp³-hybridized carbons (Fsp3) is 0.882. The van der Waals surface area contributed by atoms with E-state index in [2.05, 4.69) is 0 Å². The molecule has 2 N–H and O–H groups in total. The van der Waals surface area contributed by atoms with Crippen LogP contribution in [0.2, 0.25) is 0 Å². The summed E-state index contributed by atoms with van der Waals surface area (Å²) in [5.74, 6) is -1.14. The van der Waals surface area contributed by atoms with E-state index in [1.807, 2.05) is 41.5 Å². The first-order valence-electron chi connectivity index (χ1n) is 7.73. The molecule has 0 aromatic carbocycles. The van der Waals surface area contributed by atoms with E-state index in [1.54, 1.807) is 13.8 Å². The number of aliphatic hydroxyl groups is 2. The smallest absolute Gasteiger partial charge is 0.314 e. The molecule has 0 aromatic heterocycles. The summed E-state index contributed by atoms with van der Waals surface area (Å²) in [6, 6.07) is 0. The van der Waals surface area contributed by atoms with E-state index in [4.69, 9.17) is 19.7 Å². The van der Waals surface area contributed by atoms with Crippen molar-refractivity contribution in [1.29, 1.82) is 0 Å². The van der Waals surface area contributed by atoms with Gasteiger partial charge in [0.05, 0.1) is 10.8 Å². The first kappa shape index (κ1) is 21.9. The van der Waals surface area contributed by atoms with Crippen LogP contribution in [0.4, 0.5) is 0 Å². The van der Waals surface area contributed by atoms with Gasteiger partial charge >= 0.3 is 11.9 Å². The van der Waals surface area contributed by atoms with E-state index in [1.165, 1.54) is 0 Å². The summed E-state index contributed by atoms with van der Waals surface area (Å²) in [7, 11) is 0. The number of carbonyl (C=O) groups excluding carboxylic acids is 2. The molecule has 0 saturated carbocycles. The highest BCUT2D eigenvalue weighted by Crippen LogP contribution is 2.53. The van der Waals surface area contributed by atoms with Crippen molar-refractivity contribution in [2.75, 3.05) is 13.6 Å². The Labute approximate surface area is 139 Å². The van der Waals surface area contributed by atoms with Gasteiger partial charge in [0.25, 0.3) is 0 Å². The van der Waals surface area contributed by atoms with Gasteiger partial charge in [-0.3, -0.25) is 9.59 Å². The third-order valence-electron chi connectivity index (χ3n) is 5.31. The fourth-order valence-corrected chi connectivity index (χ4v) is 2.43. The van der Waals surface area contributed by atoms with Crippen LogP contribution in [0.1, 0.15) is 61.8 Å². The molecule has 0 saturated heterocycles. The van der Waals surface area contributed by atoms with Crippen LogP contribution in [-0.2, 0) is 19.1 Å². The van der Waals surface area contributed by atoms with Gasteiger partial charge in [-0.25, -0.2) is 0 Å². The number of aliphatic hydroxyl groups excluding tert-OH is 2. The zero-order valence-electron chi connectivity index (χ0n) is 15.6. The Bertz CT molecular complexity index is 391. The van der Waals surface area contributed by atoms with Crippen LogP contribution < -0.4 is 0 Å². The highest BCUT2D eigenvalue weighted by atomic mass is 16.6. The maximum atomic E-state index is 12.5. The van der Waals surface area contributed by atoms with Gasteiger partial charge in [0, 0.05) is 0 Å². The van der Waals surface area contributed by atoms with Gasteiger partial charge in [-0.1, -0.05) is 41.5 Å². The second kappa shape index (κ2) is 7.18. The highest BCUT2D eigenvalue weighted by molar-refractivity contribution is 5.81. The number of hydrogen-bond donors (Lipinski definition) is 2. The Hall–Kier alpha value is -1.14. The Morgan fingerprint density at radius 3 is 1.13 bits per heavy atom. The Kier molecular flexibility index (Phi) is 6.82. The van der Waals surface area contributed by atoms with Crippen molar-refractivity contribution < 1.29 is 29.3 Å². The van der Waals surface area contributed by atoms with Crippen LogP contribution in [0.15, 0.2) is 0 Å². The van der Waals surface area contributed by atoms with Crippen molar-refractivity contribution >= 4 is 11.9 Å². The summed E-state index contributed by atoms with van der Waals surface area (Å²) in [4.78, 5) is 25.0. The van der Waals surface area contributed by atoms with Gasteiger partial charge in [-0.2, -0.15) is 0 Å². The van der Waals surface area contributed by atoms with Crippen LogP contribution in [0.3, 0.4) is 0 Å². The summed E-state index contributed by atoms with van der Waals surface area (Å²) in [5.41, 5.74) is -3.12. The van der Waals surface area contributed by atoms with E-state index in [-0.39, 0.29) is 6.42 Å². The average Bonchev–Trinajstić information content (AvgIpc) is 2.36. The molecule has 0 spiro atoms. The predicted octanol–water partition coefficient (Wildman–Crippen LogP) is 2.47. The molecule has 0 amide bonds. The maximum absolute atomic E-state index is 12.5. The van der Waals surface area contributed by atoms with Crippen molar-refractivity contribution in [3.05, 3.63) is 0 Å². The number of hydrogen-bond acceptors (Lipinski definition) is 6. The average molecular weight is 332 g/mol. The molecule has 2 atom stereocenters. The van der Waals surface area contributed by atoms with Crippen molar-refractivity contribution in [1.82, 2.24) is 0 Å². The Morgan fingerprint density at radius 2 is 0.957 bits per heavy atom. The van der Waals surface area contributed by atoms with E-state index in [0.717, 1.165) is 0 Å². The molecule has 0 bridgehead atoms. The molecule has 23 heavy (non-hydrogen) atoms. The molecule has 0 rings (SSSR count). The van der Waals surface area contributed by atoms with Crippen LogP contribution in [-0.4, -0.2) is 35.7 Å². The minimum Gasteiger partial charge on any atom is -0.438 e. The lowest BCUT2D eigenvalue weighted by molar-refractivity contribution is -0.184. The van der Waals surface area contributed by atoms with Crippen LogP contribution in [0, 0.1) is 21.7 Å². The van der Waals surface area contributed by atoms with E-state index in [0.29, 0.717) is 0 Å². The molecule has 0 heterocycles. The normalized spacial score (nSPS) is 17.8. The first-order chi connectivity index (χ1) is 10.2. The SMILES string of the molecule is CC(C)(C)C(C)(CC(C)(C(=O)OCO)C(C)(C)C)C(=O)OCO. The van der Waals surface area contributed by atoms with Crippen LogP contribution in [0.5, 0.6) is 0 Å². The molecule has 0 aliphatic rings. The molecule has 6 heteroatoms. The molecule has 0 radical (unpaired) electrons. The second-order valence-corrected chi connectivity index (χ2v) is 8.46. The van der Waals surface area contributed by atoms with Gasteiger partial charge in [0.2, 0.25) is 0 Å². The topological polar surface area (TPSA) is 93.1 Å². The number of ether oxygens (including phenoxy) is 2. The predicted molar refractivity (Wildman–Crippen MR) is 86.1 cm³/mol. The first-order valence-corrected chi connectivity index (χ1v) is 7.73. The van der Waals surface area contributed by atoms with E-state index in [9.17, 15) is 9.59 Å². The lowest BCUT2D eigenvalue weighted by atomic mass is 9.55. The molecular formula is C17H32O6. The molecule has 136 valence electrons. The minimum atomic E-state index is -1.04. The molecule has 0 aromatic rings. The molecule has 0 aliphatic carbocycles. The van der Waals surface area contributed by atoms with Crippen molar-refractivity contribution in [3.63, 3.8) is 0 Å². The summed E-state index contributed by atoms with van der Waals surface area (Å²) in [6.07, 6.45) is 0.157. The summed E-state index contributed by atoms with van der Waals surface area (Å²) in [6.45, 7) is 13.3. The van der Waals surface area contributed by atoms with Crippen LogP contribution in [0.25, 0.3) is 0 Å². The monoisotopic (exact) mass is 332 g/mol. The lowest BCUT2D eigenvalue weighted by Gasteiger charge is -2.48. The van der Waals surface area contributed by atoms with Gasteiger partial charge < -0.3 is 19.7 Å². The van der Waals surface area contributed by atoms with Gasteiger partial charge in [0.15, 0.2) is 13.6 Å². The number of esters is 2. The van der Waals surface area contributed by atoms with E-state index >= 15 is 0 Å². The Morgan fingerprint density at radius 1 is 0.696 bits per heavy atom. The van der Waals surface area contributed by atoms with Gasteiger partial charge in [0.1, 0.15) is 0 Å². The molecular weight excluding hydrogens is 300 g/mol. The molecule has 0 fully saturated rings. The molecule has 2 unspecified atom stereocenters. The lowest BCUT2D eigenvalue weighted by Crippen LogP contribution is -2.51. The summed E-state index contributed by atoms with van der Waals surface area (Å²) < 4.78 is 9.69. The van der Waals surface area contributed by atoms with Crippen molar-refractivity contribution in [3.8, 4) is 0 Å². The standard InChI is InChI=1S/C17H32O6/c1-14(2,3)16(7,12(20)22-10-18)9-17(8,15(4,5)6)13(21)23-11-19/h18-19H,9-11H2,1-8H3. The third kappa shape index (κ3) is 4.44. The van der Waals surface area contributed by atoms with Gasteiger partial charge in [-0.05, 0) is 31.1 Å². The zero-order valence-corrected chi connectivity index (χ0v) is 15.6. The fourth-order valence-electron chi connectivity index (χ4n) is 2.43. The molecule has 6 nitrogen and oxygen atoms in total. The zero-order chi connectivity index (χ0) is 18.7. The quantitative estimate of drug-likeness (QED) is 0.573. The Balaban J connectivity index is 6.01.